The highest BCUT2D eigenvalue weighted by Crippen LogP contribution is 2.27. The Morgan fingerprint density at radius 3 is 2.62 bits per heavy atom. The van der Waals surface area contributed by atoms with Gasteiger partial charge < -0.3 is 14.6 Å². The number of carbonyl (C=O) groups excluding carboxylic acids is 2. The number of amides is 1. The van der Waals surface area contributed by atoms with Crippen LogP contribution in [0.3, 0.4) is 0 Å². The minimum atomic E-state index is -0.144. The van der Waals surface area contributed by atoms with Gasteiger partial charge in [0.15, 0.2) is 5.78 Å². The number of hydrogen-bond donors (Lipinski definition) is 1. The molecule has 6 heteroatoms. The molecule has 0 radical (unpaired) electrons. The monoisotopic (exact) mass is 418 g/mol. The standard InChI is InChI=1S/C20H23BrN2O3/c1-4-16-18(13(3)24)12(2)22-19(16)20(25)23-9-10-26-17(11-23)14-5-7-15(21)8-6-14/h5-8,17,22H,4,9-11H2,1-3H3/t17-/m1/s1. The van der Waals surface area contributed by atoms with Crippen molar-refractivity contribution in [3.8, 4) is 0 Å². The zero-order valence-electron chi connectivity index (χ0n) is 15.3. The normalized spacial score (nSPS) is 17.4. The average Bonchev–Trinajstić information content (AvgIpc) is 2.98. The smallest absolute Gasteiger partial charge is 0.270 e. The number of benzene rings is 1. The molecule has 0 bridgehead atoms. The molecule has 5 nitrogen and oxygen atoms in total. The van der Waals surface area contributed by atoms with E-state index in [9.17, 15) is 9.59 Å². The van der Waals surface area contributed by atoms with Crippen molar-refractivity contribution >= 4 is 27.6 Å². The summed E-state index contributed by atoms with van der Waals surface area (Å²) >= 11 is 3.43. The van der Waals surface area contributed by atoms with Crippen LogP contribution in [-0.4, -0.2) is 41.3 Å². The highest BCUT2D eigenvalue weighted by Gasteiger charge is 2.30. The van der Waals surface area contributed by atoms with E-state index < -0.39 is 0 Å². The molecule has 0 aliphatic carbocycles. The molecule has 0 unspecified atom stereocenters. The van der Waals surface area contributed by atoms with Crippen LogP contribution < -0.4 is 0 Å². The van der Waals surface area contributed by atoms with E-state index in [0.717, 1.165) is 21.3 Å². The van der Waals surface area contributed by atoms with Gasteiger partial charge in [-0.05, 0) is 43.5 Å². The van der Waals surface area contributed by atoms with E-state index in [1.54, 1.807) is 6.92 Å². The quantitative estimate of drug-likeness (QED) is 0.761. The van der Waals surface area contributed by atoms with Gasteiger partial charge >= 0.3 is 0 Å². The number of hydrogen-bond acceptors (Lipinski definition) is 3. The summed E-state index contributed by atoms with van der Waals surface area (Å²) in [5.74, 6) is -0.0766. The Bertz CT molecular complexity index is 826. The number of aromatic nitrogens is 1. The van der Waals surface area contributed by atoms with E-state index in [1.807, 2.05) is 43.0 Å². The predicted octanol–water partition coefficient (Wildman–Crippen LogP) is 4.06. The summed E-state index contributed by atoms with van der Waals surface area (Å²) in [5.41, 5.74) is 3.80. The predicted molar refractivity (Wildman–Crippen MR) is 104 cm³/mol. The first-order valence-corrected chi connectivity index (χ1v) is 9.60. The maximum atomic E-state index is 13.1. The first-order valence-electron chi connectivity index (χ1n) is 8.81. The van der Waals surface area contributed by atoms with Crippen LogP contribution in [-0.2, 0) is 11.2 Å². The van der Waals surface area contributed by atoms with Crippen molar-refractivity contribution in [3.63, 3.8) is 0 Å². The summed E-state index contributed by atoms with van der Waals surface area (Å²) in [4.78, 5) is 30.0. The van der Waals surface area contributed by atoms with Crippen molar-refractivity contribution < 1.29 is 14.3 Å². The summed E-state index contributed by atoms with van der Waals surface area (Å²) in [6.07, 6.45) is 0.495. The molecule has 3 rings (SSSR count). The van der Waals surface area contributed by atoms with Crippen molar-refractivity contribution in [3.05, 3.63) is 56.8 Å². The van der Waals surface area contributed by atoms with Crippen LogP contribution in [0.4, 0.5) is 0 Å². The van der Waals surface area contributed by atoms with Crippen molar-refractivity contribution in [2.24, 2.45) is 0 Å². The molecule has 138 valence electrons. The lowest BCUT2D eigenvalue weighted by atomic mass is 10.0. The van der Waals surface area contributed by atoms with E-state index in [-0.39, 0.29) is 17.8 Å². The molecule has 1 aliphatic heterocycles. The van der Waals surface area contributed by atoms with Gasteiger partial charge in [0.05, 0.1) is 13.2 Å². The van der Waals surface area contributed by atoms with Crippen molar-refractivity contribution in [2.75, 3.05) is 19.7 Å². The second-order valence-corrected chi connectivity index (χ2v) is 7.47. The molecule has 1 atom stereocenters. The van der Waals surface area contributed by atoms with Crippen LogP contribution >= 0.6 is 15.9 Å². The number of H-pyrrole nitrogens is 1. The molecular formula is C20H23BrN2O3. The molecule has 1 amide bonds. The van der Waals surface area contributed by atoms with E-state index in [1.165, 1.54) is 0 Å². The highest BCUT2D eigenvalue weighted by atomic mass is 79.9. The van der Waals surface area contributed by atoms with Crippen LogP contribution in [0.1, 0.15) is 57.6 Å². The lowest BCUT2D eigenvalue weighted by Crippen LogP contribution is -2.42. The second-order valence-electron chi connectivity index (χ2n) is 6.55. The van der Waals surface area contributed by atoms with E-state index in [4.69, 9.17) is 4.74 Å². The Labute approximate surface area is 161 Å². The highest BCUT2D eigenvalue weighted by molar-refractivity contribution is 9.10. The van der Waals surface area contributed by atoms with Gasteiger partial charge in [-0.25, -0.2) is 0 Å². The van der Waals surface area contributed by atoms with Crippen LogP contribution in [0.25, 0.3) is 0 Å². The Balaban J connectivity index is 1.85. The third-order valence-corrected chi connectivity index (χ3v) is 5.33. The largest absolute Gasteiger partial charge is 0.370 e. The number of nitrogens with one attached hydrogen (secondary N) is 1. The number of ether oxygens (including phenoxy) is 1. The van der Waals surface area contributed by atoms with Gasteiger partial charge in [-0.1, -0.05) is 35.0 Å². The number of Topliss-reactive ketones (excluding diaryl/α,β-unsaturated/α-hetero) is 1. The number of aromatic amines is 1. The Hall–Kier alpha value is -1.92. The minimum absolute atomic E-state index is 0.00985. The number of halogens is 1. The number of morpholine rings is 1. The number of ketones is 1. The van der Waals surface area contributed by atoms with E-state index >= 15 is 0 Å². The van der Waals surface area contributed by atoms with Gasteiger partial charge in [-0.2, -0.15) is 0 Å². The molecular weight excluding hydrogens is 396 g/mol. The van der Waals surface area contributed by atoms with Gasteiger partial charge in [0.25, 0.3) is 5.91 Å². The summed E-state index contributed by atoms with van der Waals surface area (Å²) in [6.45, 7) is 6.89. The summed E-state index contributed by atoms with van der Waals surface area (Å²) in [5, 5.41) is 0. The van der Waals surface area contributed by atoms with Crippen LogP contribution in [0.2, 0.25) is 0 Å². The first-order chi connectivity index (χ1) is 12.4. The van der Waals surface area contributed by atoms with Gasteiger partial charge in [0, 0.05) is 22.3 Å². The summed E-state index contributed by atoms with van der Waals surface area (Å²) in [6, 6.07) is 7.96. The maximum Gasteiger partial charge on any atom is 0.270 e. The number of aryl methyl sites for hydroxylation is 1. The molecule has 2 aromatic rings. The molecule has 1 aromatic heterocycles. The fourth-order valence-electron chi connectivity index (χ4n) is 3.56. The van der Waals surface area contributed by atoms with Crippen molar-refractivity contribution in [1.29, 1.82) is 0 Å². The third kappa shape index (κ3) is 3.62. The van der Waals surface area contributed by atoms with Crippen molar-refractivity contribution in [1.82, 2.24) is 9.88 Å². The molecule has 2 heterocycles. The van der Waals surface area contributed by atoms with Gasteiger partial charge in [-0.3, -0.25) is 9.59 Å². The summed E-state index contributed by atoms with van der Waals surface area (Å²) < 4.78 is 6.88. The SMILES string of the molecule is CCc1c(C(=O)N2CCO[C@@H](c3ccc(Br)cc3)C2)[nH]c(C)c1C(C)=O. The minimum Gasteiger partial charge on any atom is -0.370 e. The molecule has 1 N–H and O–H groups in total. The Morgan fingerprint density at radius 1 is 1.31 bits per heavy atom. The van der Waals surface area contributed by atoms with Crippen LogP contribution in [0.15, 0.2) is 28.7 Å². The fraction of sp³-hybridized carbons (Fsp3) is 0.400. The zero-order chi connectivity index (χ0) is 18.8. The number of carbonyl (C=O) groups is 2. The Morgan fingerprint density at radius 2 is 2.00 bits per heavy atom. The average molecular weight is 419 g/mol. The van der Waals surface area contributed by atoms with Gasteiger partial charge in [-0.15, -0.1) is 0 Å². The third-order valence-electron chi connectivity index (χ3n) is 4.81. The van der Waals surface area contributed by atoms with Crippen LogP contribution in [0.5, 0.6) is 0 Å². The zero-order valence-corrected chi connectivity index (χ0v) is 16.9. The molecule has 1 fully saturated rings. The lowest BCUT2D eigenvalue weighted by molar-refractivity contribution is -0.0230. The molecule has 0 saturated carbocycles. The fourth-order valence-corrected chi connectivity index (χ4v) is 3.82. The van der Waals surface area contributed by atoms with E-state index in [2.05, 4.69) is 20.9 Å². The maximum absolute atomic E-state index is 13.1. The van der Waals surface area contributed by atoms with Crippen LogP contribution in [0, 0.1) is 6.92 Å². The van der Waals surface area contributed by atoms with E-state index in [0.29, 0.717) is 37.4 Å². The number of rotatable bonds is 4. The number of nitrogens with zero attached hydrogens (tertiary/aromatic N) is 1. The molecule has 1 aliphatic rings. The Kier molecular flexibility index (Phi) is 5.63. The van der Waals surface area contributed by atoms with Gasteiger partial charge in [0.1, 0.15) is 11.8 Å². The molecule has 1 saturated heterocycles. The van der Waals surface area contributed by atoms with Gasteiger partial charge in [0.2, 0.25) is 0 Å². The molecule has 0 spiro atoms. The first kappa shape index (κ1) is 18.9. The molecule has 1 aromatic carbocycles. The summed E-state index contributed by atoms with van der Waals surface area (Å²) in [7, 11) is 0. The topological polar surface area (TPSA) is 62.4 Å². The molecule has 26 heavy (non-hydrogen) atoms. The second kappa shape index (κ2) is 7.76. The van der Waals surface area contributed by atoms with Crippen molar-refractivity contribution in [2.45, 2.75) is 33.3 Å². The lowest BCUT2D eigenvalue weighted by Gasteiger charge is -2.33.